The van der Waals surface area contributed by atoms with Gasteiger partial charge in [0.2, 0.25) is 0 Å². The zero-order valence-electron chi connectivity index (χ0n) is 10.3. The summed E-state index contributed by atoms with van der Waals surface area (Å²) in [6.45, 7) is 0.717. The predicted octanol–water partition coefficient (Wildman–Crippen LogP) is 2.35. The lowest BCUT2D eigenvalue weighted by atomic mass is 9.78. The topological polar surface area (TPSA) is 32.3 Å². The second-order valence-electron chi connectivity index (χ2n) is 5.55. The Morgan fingerprint density at radius 1 is 1.24 bits per heavy atom. The van der Waals surface area contributed by atoms with Crippen molar-refractivity contribution in [2.45, 2.75) is 50.2 Å². The molecule has 2 N–H and O–H groups in total. The minimum Gasteiger partial charge on any atom is -0.384 e. The van der Waals surface area contributed by atoms with Gasteiger partial charge >= 0.3 is 0 Å². The Morgan fingerprint density at radius 2 is 2.06 bits per heavy atom. The van der Waals surface area contributed by atoms with Gasteiger partial charge in [0, 0.05) is 12.6 Å². The van der Waals surface area contributed by atoms with Crippen LogP contribution in [-0.4, -0.2) is 17.7 Å². The normalized spacial score (nSPS) is 28.5. The molecule has 1 saturated carbocycles. The van der Waals surface area contributed by atoms with E-state index in [-0.39, 0.29) is 0 Å². The van der Waals surface area contributed by atoms with Gasteiger partial charge in [0.05, 0.1) is 0 Å². The molecule has 3 rings (SSSR count). The van der Waals surface area contributed by atoms with Gasteiger partial charge in [-0.05, 0) is 43.2 Å². The zero-order chi connectivity index (χ0) is 11.7. The minimum atomic E-state index is -0.634. The Balaban J connectivity index is 1.77. The van der Waals surface area contributed by atoms with E-state index in [1.165, 1.54) is 24.8 Å². The molecule has 2 heteroatoms. The molecule has 0 aliphatic heterocycles. The molecule has 1 aromatic carbocycles. The van der Waals surface area contributed by atoms with Crippen LogP contribution in [0.4, 0.5) is 0 Å². The van der Waals surface area contributed by atoms with Gasteiger partial charge < -0.3 is 10.4 Å². The fraction of sp³-hybridized carbons (Fsp3) is 0.600. The molecule has 0 bridgehead atoms. The van der Waals surface area contributed by atoms with Crippen LogP contribution in [0.15, 0.2) is 24.3 Å². The van der Waals surface area contributed by atoms with Gasteiger partial charge in [-0.1, -0.05) is 30.7 Å². The van der Waals surface area contributed by atoms with Crippen LogP contribution < -0.4 is 5.32 Å². The SMILES string of the molecule is OC1(CNC2CCC2)CCCc2ccccc21. The van der Waals surface area contributed by atoms with Crippen LogP contribution >= 0.6 is 0 Å². The van der Waals surface area contributed by atoms with E-state index in [1.54, 1.807) is 0 Å². The molecule has 1 aromatic rings. The summed E-state index contributed by atoms with van der Waals surface area (Å²) in [5.41, 5.74) is 1.85. The van der Waals surface area contributed by atoms with E-state index in [4.69, 9.17) is 0 Å². The third-order valence-electron chi connectivity index (χ3n) is 4.34. The van der Waals surface area contributed by atoms with Crippen LogP contribution in [0, 0.1) is 0 Å². The summed E-state index contributed by atoms with van der Waals surface area (Å²) in [6.07, 6.45) is 6.99. The van der Waals surface area contributed by atoms with Crippen LogP contribution in [-0.2, 0) is 12.0 Å². The summed E-state index contributed by atoms with van der Waals surface area (Å²) >= 11 is 0. The van der Waals surface area contributed by atoms with Crippen molar-refractivity contribution < 1.29 is 5.11 Å². The molecule has 2 aliphatic carbocycles. The number of aliphatic hydroxyl groups is 1. The molecule has 1 unspecified atom stereocenters. The van der Waals surface area contributed by atoms with E-state index >= 15 is 0 Å². The highest BCUT2D eigenvalue weighted by molar-refractivity contribution is 5.35. The van der Waals surface area contributed by atoms with Gasteiger partial charge in [-0.2, -0.15) is 0 Å². The third-order valence-corrected chi connectivity index (χ3v) is 4.34. The van der Waals surface area contributed by atoms with Crippen molar-refractivity contribution in [3.05, 3.63) is 35.4 Å². The molecule has 0 heterocycles. The number of fused-ring (bicyclic) bond motifs is 1. The van der Waals surface area contributed by atoms with Gasteiger partial charge in [0.15, 0.2) is 0 Å². The Hall–Kier alpha value is -0.860. The lowest BCUT2D eigenvalue weighted by molar-refractivity contribution is 0.0140. The number of rotatable bonds is 3. The average Bonchev–Trinajstić information content (AvgIpc) is 2.28. The van der Waals surface area contributed by atoms with Gasteiger partial charge in [0.25, 0.3) is 0 Å². The van der Waals surface area contributed by atoms with Gasteiger partial charge in [-0.3, -0.25) is 0 Å². The minimum absolute atomic E-state index is 0.634. The fourth-order valence-electron chi connectivity index (χ4n) is 3.01. The second-order valence-corrected chi connectivity index (χ2v) is 5.55. The van der Waals surface area contributed by atoms with E-state index in [9.17, 15) is 5.11 Å². The zero-order valence-corrected chi connectivity index (χ0v) is 10.3. The lowest BCUT2D eigenvalue weighted by Crippen LogP contribution is -2.46. The maximum atomic E-state index is 10.8. The van der Waals surface area contributed by atoms with Gasteiger partial charge in [0.1, 0.15) is 5.60 Å². The highest BCUT2D eigenvalue weighted by atomic mass is 16.3. The van der Waals surface area contributed by atoms with Gasteiger partial charge in [-0.15, -0.1) is 0 Å². The molecule has 0 spiro atoms. The largest absolute Gasteiger partial charge is 0.384 e. The van der Waals surface area contributed by atoms with E-state index in [2.05, 4.69) is 23.5 Å². The number of hydrogen-bond donors (Lipinski definition) is 2. The smallest absolute Gasteiger partial charge is 0.102 e. The van der Waals surface area contributed by atoms with E-state index in [0.717, 1.165) is 24.8 Å². The Kier molecular flexibility index (Phi) is 2.93. The molecule has 0 saturated heterocycles. The van der Waals surface area contributed by atoms with Crippen molar-refractivity contribution in [2.75, 3.05) is 6.54 Å². The molecule has 0 radical (unpaired) electrons. The summed E-state index contributed by atoms with van der Waals surface area (Å²) in [5.74, 6) is 0. The molecular formula is C15H21NO. The number of benzene rings is 1. The summed E-state index contributed by atoms with van der Waals surface area (Å²) < 4.78 is 0. The average molecular weight is 231 g/mol. The van der Waals surface area contributed by atoms with E-state index < -0.39 is 5.60 Å². The molecule has 92 valence electrons. The maximum absolute atomic E-state index is 10.8. The Bertz CT molecular complexity index is 400. The van der Waals surface area contributed by atoms with Crippen LogP contribution in [0.3, 0.4) is 0 Å². The second kappa shape index (κ2) is 4.43. The fourth-order valence-corrected chi connectivity index (χ4v) is 3.01. The highest BCUT2D eigenvalue weighted by Crippen LogP contribution is 2.35. The lowest BCUT2D eigenvalue weighted by Gasteiger charge is -2.37. The van der Waals surface area contributed by atoms with Crippen molar-refractivity contribution in [3.8, 4) is 0 Å². The summed E-state index contributed by atoms with van der Waals surface area (Å²) in [5, 5.41) is 14.3. The van der Waals surface area contributed by atoms with Crippen LogP contribution in [0.5, 0.6) is 0 Å². The number of nitrogens with one attached hydrogen (secondary N) is 1. The van der Waals surface area contributed by atoms with Crippen LogP contribution in [0.2, 0.25) is 0 Å². The molecule has 1 fully saturated rings. The quantitative estimate of drug-likeness (QED) is 0.837. The summed E-state index contributed by atoms with van der Waals surface area (Å²) in [4.78, 5) is 0. The van der Waals surface area contributed by atoms with E-state index in [1.807, 2.05) is 6.07 Å². The standard InChI is InChI=1S/C15H21NO/c17-15(11-16-13-7-3-8-13)10-4-6-12-5-1-2-9-14(12)15/h1-2,5,9,13,16-17H,3-4,6-8,10-11H2. The van der Waals surface area contributed by atoms with Crippen molar-refractivity contribution in [1.29, 1.82) is 0 Å². The predicted molar refractivity (Wildman–Crippen MR) is 68.9 cm³/mol. The first-order valence-corrected chi connectivity index (χ1v) is 6.82. The van der Waals surface area contributed by atoms with Crippen molar-refractivity contribution >= 4 is 0 Å². The highest BCUT2D eigenvalue weighted by Gasteiger charge is 2.34. The molecule has 1 atom stereocenters. The molecule has 0 aromatic heterocycles. The molecule has 0 amide bonds. The van der Waals surface area contributed by atoms with Crippen LogP contribution in [0.25, 0.3) is 0 Å². The van der Waals surface area contributed by atoms with E-state index in [0.29, 0.717) is 12.6 Å². The molecule has 2 aliphatic rings. The molecule has 2 nitrogen and oxygen atoms in total. The summed E-state index contributed by atoms with van der Waals surface area (Å²) in [7, 11) is 0. The Labute approximate surface area is 103 Å². The first-order chi connectivity index (χ1) is 8.28. The van der Waals surface area contributed by atoms with Crippen LogP contribution in [0.1, 0.15) is 43.2 Å². The first-order valence-electron chi connectivity index (χ1n) is 6.82. The van der Waals surface area contributed by atoms with Gasteiger partial charge in [-0.25, -0.2) is 0 Å². The summed E-state index contributed by atoms with van der Waals surface area (Å²) in [6, 6.07) is 9.01. The molecular weight excluding hydrogens is 210 g/mol. The Morgan fingerprint density at radius 3 is 2.82 bits per heavy atom. The number of hydrogen-bond acceptors (Lipinski definition) is 2. The third kappa shape index (κ3) is 2.12. The first kappa shape index (κ1) is 11.2. The van der Waals surface area contributed by atoms with Crippen molar-refractivity contribution in [1.82, 2.24) is 5.32 Å². The molecule has 17 heavy (non-hydrogen) atoms. The monoisotopic (exact) mass is 231 g/mol. The maximum Gasteiger partial charge on any atom is 0.102 e. The van der Waals surface area contributed by atoms with Crippen molar-refractivity contribution in [2.24, 2.45) is 0 Å². The number of aryl methyl sites for hydroxylation is 1. The van der Waals surface area contributed by atoms with Crippen molar-refractivity contribution in [3.63, 3.8) is 0 Å².